The van der Waals surface area contributed by atoms with Gasteiger partial charge in [-0.3, -0.25) is 9.59 Å². The van der Waals surface area contributed by atoms with Gasteiger partial charge in [0.25, 0.3) is 0 Å². The van der Waals surface area contributed by atoms with Crippen molar-refractivity contribution in [2.45, 2.75) is 25.2 Å². The first-order valence-electron chi connectivity index (χ1n) is 7.12. The Kier molecular flexibility index (Phi) is 6.02. The summed E-state index contributed by atoms with van der Waals surface area (Å²) >= 11 is 1.40. The van der Waals surface area contributed by atoms with Crippen molar-refractivity contribution >= 4 is 23.2 Å². The quantitative estimate of drug-likeness (QED) is 0.779. The van der Waals surface area contributed by atoms with E-state index in [2.05, 4.69) is 10.1 Å². The summed E-state index contributed by atoms with van der Waals surface area (Å²) < 4.78 is 40.3. The van der Waals surface area contributed by atoms with E-state index in [1.54, 1.807) is 12.1 Å². The number of amides is 1. The van der Waals surface area contributed by atoms with Crippen molar-refractivity contribution in [2.75, 3.05) is 0 Å². The Morgan fingerprint density at radius 2 is 1.88 bits per heavy atom. The third-order valence-electron chi connectivity index (χ3n) is 3.14. The van der Waals surface area contributed by atoms with Gasteiger partial charge in [-0.1, -0.05) is 18.2 Å². The van der Waals surface area contributed by atoms with Crippen molar-refractivity contribution in [1.29, 1.82) is 0 Å². The predicted molar refractivity (Wildman–Crippen MR) is 84.3 cm³/mol. The van der Waals surface area contributed by atoms with Crippen LogP contribution in [0.2, 0.25) is 0 Å². The van der Waals surface area contributed by atoms with Crippen LogP contribution in [0.1, 0.15) is 22.9 Å². The summed E-state index contributed by atoms with van der Waals surface area (Å²) in [7, 11) is 0. The number of nitrogens with one attached hydrogen (secondary N) is 1. The van der Waals surface area contributed by atoms with Crippen LogP contribution in [0.3, 0.4) is 0 Å². The second kappa shape index (κ2) is 8.02. The number of carboxylic acid groups (broad SMARTS) is 1. The van der Waals surface area contributed by atoms with Crippen LogP contribution in [0, 0.1) is 0 Å². The maximum Gasteiger partial charge on any atom is 0.573 e. The molecule has 0 aliphatic heterocycles. The van der Waals surface area contributed by atoms with Crippen LogP contribution in [0.15, 0.2) is 41.8 Å². The van der Waals surface area contributed by atoms with Gasteiger partial charge in [-0.05, 0) is 29.1 Å². The molecule has 134 valence electrons. The smallest absolute Gasteiger partial charge is 0.481 e. The summed E-state index contributed by atoms with van der Waals surface area (Å²) in [4.78, 5) is 23.9. The zero-order chi connectivity index (χ0) is 18.4. The lowest BCUT2D eigenvalue weighted by molar-refractivity contribution is -0.274. The number of hydrogen-bond donors (Lipinski definition) is 2. The van der Waals surface area contributed by atoms with Gasteiger partial charge in [0.1, 0.15) is 5.75 Å². The van der Waals surface area contributed by atoms with Crippen molar-refractivity contribution in [3.63, 3.8) is 0 Å². The number of hydrogen-bond acceptors (Lipinski definition) is 4. The van der Waals surface area contributed by atoms with Crippen LogP contribution >= 0.6 is 11.3 Å². The molecule has 0 aliphatic carbocycles. The van der Waals surface area contributed by atoms with E-state index in [4.69, 9.17) is 5.11 Å². The summed E-state index contributed by atoms with van der Waals surface area (Å²) in [6, 6.07) is 7.44. The summed E-state index contributed by atoms with van der Waals surface area (Å²) in [5.41, 5.74) is 0.372. The highest BCUT2D eigenvalue weighted by molar-refractivity contribution is 7.10. The molecule has 1 unspecified atom stereocenters. The third-order valence-corrected chi connectivity index (χ3v) is 4.02. The van der Waals surface area contributed by atoms with E-state index < -0.39 is 30.5 Å². The molecular formula is C16H14F3NO4S. The molecule has 1 atom stereocenters. The van der Waals surface area contributed by atoms with E-state index in [1.807, 2.05) is 5.38 Å². The van der Waals surface area contributed by atoms with Gasteiger partial charge in [0.2, 0.25) is 5.91 Å². The molecule has 5 nitrogen and oxygen atoms in total. The molecular weight excluding hydrogens is 359 g/mol. The monoisotopic (exact) mass is 373 g/mol. The molecule has 1 aromatic heterocycles. The number of alkyl halides is 3. The average Bonchev–Trinajstić information content (AvgIpc) is 2.98. The van der Waals surface area contributed by atoms with Gasteiger partial charge < -0.3 is 15.2 Å². The van der Waals surface area contributed by atoms with Gasteiger partial charge in [0, 0.05) is 4.88 Å². The zero-order valence-corrected chi connectivity index (χ0v) is 13.6. The fourth-order valence-corrected chi connectivity index (χ4v) is 2.85. The first-order valence-corrected chi connectivity index (χ1v) is 8.00. The highest BCUT2D eigenvalue weighted by Crippen LogP contribution is 2.25. The summed E-state index contributed by atoms with van der Waals surface area (Å²) in [6.45, 7) is 0. The van der Waals surface area contributed by atoms with Crippen molar-refractivity contribution in [1.82, 2.24) is 5.32 Å². The molecule has 0 aliphatic rings. The first-order chi connectivity index (χ1) is 11.7. The Labute approximate surface area is 145 Å². The number of carboxylic acids is 1. The Bertz CT molecular complexity index is 714. The standard InChI is InChI=1S/C16H14F3NO4S/c17-16(18,19)24-11-5-3-10(4-6-11)13(9-15(22)23)20-14(21)8-12-2-1-7-25-12/h1-7,13H,8-9H2,(H,20,21)(H,22,23). The molecule has 0 bridgehead atoms. The van der Waals surface area contributed by atoms with Crippen LogP contribution in [-0.4, -0.2) is 23.3 Å². The average molecular weight is 373 g/mol. The number of thiophene rings is 1. The summed E-state index contributed by atoms with van der Waals surface area (Å²) in [5.74, 6) is -1.93. The van der Waals surface area contributed by atoms with E-state index in [0.717, 1.165) is 17.0 Å². The minimum atomic E-state index is -4.81. The lowest BCUT2D eigenvalue weighted by Crippen LogP contribution is -2.31. The Hall–Kier alpha value is -2.55. The predicted octanol–water partition coefficient (Wildman–Crippen LogP) is 3.52. The molecule has 2 aromatic rings. The second-order valence-corrected chi connectivity index (χ2v) is 6.12. The van der Waals surface area contributed by atoms with Gasteiger partial charge in [-0.25, -0.2) is 0 Å². The molecule has 2 rings (SSSR count). The van der Waals surface area contributed by atoms with E-state index in [-0.39, 0.29) is 12.3 Å². The molecule has 0 spiro atoms. The molecule has 25 heavy (non-hydrogen) atoms. The summed E-state index contributed by atoms with van der Waals surface area (Å²) in [6.07, 6.45) is -5.10. The number of ether oxygens (including phenoxy) is 1. The second-order valence-electron chi connectivity index (χ2n) is 5.09. The van der Waals surface area contributed by atoms with Gasteiger partial charge in [0.15, 0.2) is 0 Å². The maximum absolute atomic E-state index is 12.2. The molecule has 1 heterocycles. The Morgan fingerprint density at radius 3 is 2.40 bits per heavy atom. The van der Waals surface area contributed by atoms with Crippen LogP contribution < -0.4 is 10.1 Å². The fraction of sp³-hybridized carbons (Fsp3) is 0.250. The van der Waals surface area contributed by atoms with Crippen molar-refractivity contribution < 1.29 is 32.6 Å². The van der Waals surface area contributed by atoms with E-state index in [0.29, 0.717) is 5.56 Å². The third kappa shape index (κ3) is 6.46. The van der Waals surface area contributed by atoms with E-state index in [9.17, 15) is 22.8 Å². The molecule has 0 radical (unpaired) electrons. The number of halogens is 3. The molecule has 1 aromatic carbocycles. The van der Waals surface area contributed by atoms with Crippen LogP contribution in [0.5, 0.6) is 5.75 Å². The SMILES string of the molecule is O=C(O)CC(NC(=O)Cc1cccs1)c1ccc(OC(F)(F)F)cc1. The number of aliphatic carboxylic acids is 1. The molecule has 0 saturated carbocycles. The highest BCUT2D eigenvalue weighted by atomic mass is 32.1. The number of carbonyl (C=O) groups is 2. The molecule has 9 heteroatoms. The van der Waals surface area contributed by atoms with Crippen molar-refractivity contribution in [3.8, 4) is 5.75 Å². The summed E-state index contributed by atoms with van der Waals surface area (Å²) in [5, 5.41) is 13.4. The maximum atomic E-state index is 12.2. The zero-order valence-electron chi connectivity index (χ0n) is 12.7. The molecule has 0 saturated heterocycles. The Balaban J connectivity index is 2.08. The number of rotatable bonds is 7. The van der Waals surface area contributed by atoms with Gasteiger partial charge in [-0.2, -0.15) is 0 Å². The minimum absolute atomic E-state index is 0.100. The highest BCUT2D eigenvalue weighted by Gasteiger charge is 2.31. The fourth-order valence-electron chi connectivity index (χ4n) is 2.15. The number of carbonyl (C=O) groups excluding carboxylic acids is 1. The minimum Gasteiger partial charge on any atom is -0.481 e. The normalized spacial score (nSPS) is 12.4. The molecule has 0 fully saturated rings. The number of benzene rings is 1. The lowest BCUT2D eigenvalue weighted by atomic mass is 10.0. The van der Waals surface area contributed by atoms with Gasteiger partial charge in [-0.15, -0.1) is 24.5 Å². The topological polar surface area (TPSA) is 75.6 Å². The van der Waals surface area contributed by atoms with E-state index >= 15 is 0 Å². The van der Waals surface area contributed by atoms with Crippen LogP contribution in [0.4, 0.5) is 13.2 Å². The van der Waals surface area contributed by atoms with Crippen molar-refractivity contribution in [3.05, 3.63) is 52.2 Å². The van der Waals surface area contributed by atoms with Crippen molar-refractivity contribution in [2.24, 2.45) is 0 Å². The van der Waals surface area contributed by atoms with Gasteiger partial charge in [0.05, 0.1) is 18.9 Å². The van der Waals surface area contributed by atoms with Gasteiger partial charge >= 0.3 is 12.3 Å². The van der Waals surface area contributed by atoms with Crippen LogP contribution in [0.25, 0.3) is 0 Å². The first kappa shape index (κ1) is 18.8. The molecule has 2 N–H and O–H groups in total. The largest absolute Gasteiger partial charge is 0.573 e. The van der Waals surface area contributed by atoms with E-state index in [1.165, 1.54) is 23.5 Å². The Morgan fingerprint density at radius 1 is 1.20 bits per heavy atom. The van der Waals surface area contributed by atoms with Crippen LogP contribution in [-0.2, 0) is 16.0 Å². The molecule has 1 amide bonds. The lowest BCUT2D eigenvalue weighted by Gasteiger charge is -2.18.